The fraction of sp³-hybridized carbons (Fsp3) is 0.233. The zero-order valence-corrected chi connectivity index (χ0v) is 24.2. The van der Waals surface area contributed by atoms with Gasteiger partial charge in [0.25, 0.3) is 0 Å². The van der Waals surface area contributed by atoms with Crippen molar-refractivity contribution in [1.29, 1.82) is 0 Å². The van der Waals surface area contributed by atoms with E-state index >= 15 is 0 Å². The molecule has 1 aliphatic carbocycles. The highest BCUT2D eigenvalue weighted by Crippen LogP contribution is 2.45. The van der Waals surface area contributed by atoms with Gasteiger partial charge in [0.1, 0.15) is 5.75 Å². The second-order valence-corrected chi connectivity index (χ2v) is 11.9. The van der Waals surface area contributed by atoms with Crippen molar-refractivity contribution in [3.8, 4) is 5.75 Å². The number of anilines is 1. The minimum atomic E-state index is -0.829. The van der Waals surface area contributed by atoms with Gasteiger partial charge in [0.05, 0.1) is 28.7 Å². The van der Waals surface area contributed by atoms with Crippen LogP contribution >= 0.6 is 31.9 Å². The Balaban J connectivity index is 1.24. The average Bonchev–Trinajstić information content (AvgIpc) is 3.20. The van der Waals surface area contributed by atoms with Crippen molar-refractivity contribution in [2.75, 3.05) is 11.5 Å². The molecule has 3 aromatic rings. The predicted molar refractivity (Wildman–Crippen MR) is 153 cm³/mol. The third-order valence-corrected chi connectivity index (χ3v) is 9.74. The molecule has 4 unspecified atom stereocenters. The largest absolute Gasteiger partial charge is 0.454 e. The molecule has 0 N–H and O–H groups in total. The molecule has 204 valence electrons. The van der Waals surface area contributed by atoms with Crippen molar-refractivity contribution in [2.24, 2.45) is 11.8 Å². The molecule has 5 rings (SSSR count). The molecule has 40 heavy (non-hydrogen) atoms. The van der Waals surface area contributed by atoms with Crippen molar-refractivity contribution in [2.45, 2.75) is 22.5 Å². The fourth-order valence-corrected chi connectivity index (χ4v) is 6.15. The molecule has 1 saturated carbocycles. The van der Waals surface area contributed by atoms with Crippen molar-refractivity contribution in [3.05, 3.63) is 95.6 Å². The smallest absolute Gasteiger partial charge is 0.343 e. The average molecular weight is 669 g/mol. The number of imide groups is 1. The van der Waals surface area contributed by atoms with Gasteiger partial charge in [-0.3, -0.25) is 14.4 Å². The van der Waals surface area contributed by atoms with Gasteiger partial charge in [-0.25, -0.2) is 14.5 Å². The van der Waals surface area contributed by atoms with Crippen LogP contribution < -0.4 is 9.64 Å². The molecule has 0 bridgehead atoms. The van der Waals surface area contributed by atoms with Crippen LogP contribution in [-0.4, -0.2) is 45.8 Å². The van der Waals surface area contributed by atoms with Crippen LogP contribution in [0.4, 0.5) is 5.69 Å². The molecule has 2 fully saturated rings. The van der Waals surface area contributed by atoms with Gasteiger partial charge in [-0.15, -0.1) is 0 Å². The lowest BCUT2D eigenvalue weighted by molar-refractivity contribution is -0.122. The maximum Gasteiger partial charge on any atom is 0.343 e. The number of ether oxygens (including phenoxy) is 2. The van der Waals surface area contributed by atoms with Crippen molar-refractivity contribution in [3.63, 3.8) is 0 Å². The SMILES string of the molecule is O=C(COC(=O)c1ccccc1N1C(=O)C2CC(Br)C(Br)CC2C1=O)c1ccc(OC(=O)c2ccccc2)cc1. The van der Waals surface area contributed by atoms with Crippen LogP contribution in [-0.2, 0) is 14.3 Å². The first kappa shape index (κ1) is 27.9. The van der Waals surface area contributed by atoms with Gasteiger partial charge < -0.3 is 9.47 Å². The molecule has 1 aliphatic heterocycles. The highest BCUT2D eigenvalue weighted by Gasteiger charge is 2.53. The molecule has 1 saturated heterocycles. The number of carbonyl (C=O) groups is 5. The number of benzene rings is 3. The van der Waals surface area contributed by atoms with Crippen LogP contribution in [0.25, 0.3) is 0 Å². The number of nitrogens with zero attached hydrogens (tertiary/aromatic N) is 1. The van der Waals surface area contributed by atoms with Gasteiger partial charge in [-0.1, -0.05) is 62.2 Å². The molecule has 8 nitrogen and oxygen atoms in total. The van der Waals surface area contributed by atoms with E-state index in [0.29, 0.717) is 18.4 Å². The van der Waals surface area contributed by atoms with Crippen LogP contribution in [0.15, 0.2) is 78.9 Å². The van der Waals surface area contributed by atoms with Gasteiger partial charge >= 0.3 is 11.9 Å². The van der Waals surface area contributed by atoms with E-state index in [1.54, 1.807) is 42.5 Å². The number of hydrogen-bond donors (Lipinski definition) is 0. The lowest BCUT2D eigenvalue weighted by Gasteiger charge is -2.29. The summed E-state index contributed by atoms with van der Waals surface area (Å²) in [5, 5.41) is 0. The molecule has 0 aromatic heterocycles. The number of rotatable bonds is 7. The summed E-state index contributed by atoms with van der Waals surface area (Å²) in [5.74, 6) is -3.19. The van der Waals surface area contributed by atoms with E-state index in [0.717, 1.165) is 4.90 Å². The van der Waals surface area contributed by atoms with E-state index in [1.807, 2.05) is 0 Å². The van der Waals surface area contributed by atoms with Crippen LogP contribution in [0.2, 0.25) is 0 Å². The van der Waals surface area contributed by atoms with Crippen LogP contribution in [0.5, 0.6) is 5.75 Å². The van der Waals surface area contributed by atoms with Crippen LogP contribution in [0.1, 0.15) is 43.9 Å². The van der Waals surface area contributed by atoms with E-state index in [2.05, 4.69) is 31.9 Å². The Hall–Kier alpha value is -3.63. The van der Waals surface area contributed by atoms with Gasteiger partial charge in [-0.05, 0) is 61.4 Å². The Bertz CT molecular complexity index is 1450. The van der Waals surface area contributed by atoms with E-state index < -0.39 is 36.2 Å². The number of Topliss-reactive ketones (excluding diaryl/α,β-unsaturated/α-hetero) is 1. The molecule has 0 radical (unpaired) electrons. The molecular weight excluding hydrogens is 646 g/mol. The van der Waals surface area contributed by atoms with Gasteiger partial charge in [0.15, 0.2) is 12.4 Å². The summed E-state index contributed by atoms with van der Waals surface area (Å²) in [6.07, 6.45) is 1.01. The molecule has 2 aliphatic rings. The molecule has 10 heteroatoms. The maximum atomic E-state index is 13.2. The van der Waals surface area contributed by atoms with E-state index in [-0.39, 0.29) is 44.0 Å². The minimum Gasteiger partial charge on any atom is -0.454 e. The summed E-state index contributed by atoms with van der Waals surface area (Å²) in [7, 11) is 0. The number of fused-ring (bicyclic) bond motifs is 1. The zero-order valence-electron chi connectivity index (χ0n) is 21.0. The van der Waals surface area contributed by atoms with Crippen molar-refractivity contribution < 1.29 is 33.4 Å². The standard InChI is InChI=1S/C30H23Br2NO7/c31-23-14-21-22(15-24(23)32)28(36)33(27(21)35)25-9-5-4-8-20(25)30(38)39-16-26(34)17-10-12-19(13-11-17)40-29(37)18-6-2-1-3-7-18/h1-13,21-24H,14-16H2. The number of esters is 2. The molecule has 2 amide bonds. The Morgan fingerprint density at radius 2 is 1.30 bits per heavy atom. The van der Waals surface area contributed by atoms with Crippen LogP contribution in [0.3, 0.4) is 0 Å². The van der Waals surface area contributed by atoms with Gasteiger partial charge in [-0.2, -0.15) is 0 Å². The summed E-state index contributed by atoms with van der Waals surface area (Å²) in [5.41, 5.74) is 0.810. The number of para-hydroxylation sites is 1. The Labute approximate surface area is 246 Å². The van der Waals surface area contributed by atoms with E-state index in [4.69, 9.17) is 9.47 Å². The lowest BCUT2D eigenvalue weighted by Crippen LogP contribution is -2.34. The first-order valence-electron chi connectivity index (χ1n) is 12.6. The first-order valence-corrected chi connectivity index (χ1v) is 14.4. The number of ketones is 1. The Kier molecular flexibility index (Phi) is 8.27. The molecule has 3 aromatic carbocycles. The fourth-order valence-electron chi connectivity index (χ4n) is 4.92. The topological polar surface area (TPSA) is 107 Å². The molecular formula is C30H23Br2NO7. The Morgan fingerprint density at radius 1 is 0.725 bits per heavy atom. The zero-order chi connectivity index (χ0) is 28.4. The molecule has 4 atom stereocenters. The summed E-state index contributed by atoms with van der Waals surface area (Å²) in [4.78, 5) is 65.6. The first-order chi connectivity index (χ1) is 19.2. The van der Waals surface area contributed by atoms with E-state index in [9.17, 15) is 24.0 Å². The van der Waals surface area contributed by atoms with E-state index in [1.165, 1.54) is 36.4 Å². The van der Waals surface area contributed by atoms with Crippen molar-refractivity contribution in [1.82, 2.24) is 0 Å². The Morgan fingerprint density at radius 3 is 1.93 bits per heavy atom. The summed E-state index contributed by atoms with van der Waals surface area (Å²) < 4.78 is 10.6. The summed E-state index contributed by atoms with van der Waals surface area (Å²) in [6, 6.07) is 20.6. The number of hydrogen-bond acceptors (Lipinski definition) is 7. The monoisotopic (exact) mass is 667 g/mol. The quantitative estimate of drug-likeness (QED) is 0.110. The predicted octanol–water partition coefficient (Wildman–Crippen LogP) is 5.37. The second-order valence-electron chi connectivity index (χ2n) is 9.52. The van der Waals surface area contributed by atoms with Crippen LogP contribution in [0, 0.1) is 11.8 Å². The van der Waals surface area contributed by atoms with Gasteiger partial charge in [0.2, 0.25) is 11.8 Å². The summed E-state index contributed by atoms with van der Waals surface area (Å²) in [6.45, 7) is -0.556. The number of amides is 2. The number of halogens is 2. The third kappa shape index (κ3) is 5.64. The molecule has 0 spiro atoms. The van der Waals surface area contributed by atoms with Crippen molar-refractivity contribution >= 4 is 67.1 Å². The van der Waals surface area contributed by atoms with Gasteiger partial charge in [0, 0.05) is 15.2 Å². The second kappa shape index (κ2) is 11.9. The third-order valence-electron chi connectivity index (χ3n) is 7.01. The lowest BCUT2D eigenvalue weighted by atomic mass is 9.81. The highest BCUT2D eigenvalue weighted by atomic mass is 79.9. The number of carbonyl (C=O) groups excluding carboxylic acids is 5. The minimum absolute atomic E-state index is 0.0182. The highest BCUT2D eigenvalue weighted by molar-refractivity contribution is 9.12. The molecule has 1 heterocycles. The maximum absolute atomic E-state index is 13.2. The summed E-state index contributed by atoms with van der Waals surface area (Å²) >= 11 is 7.14. The normalized spacial score (nSPS) is 22.0. The number of alkyl halides is 2.